The van der Waals surface area contributed by atoms with Gasteiger partial charge in [0.15, 0.2) is 0 Å². The third-order valence-electron chi connectivity index (χ3n) is 4.07. The van der Waals surface area contributed by atoms with E-state index in [1.165, 1.54) is 5.56 Å². The lowest BCUT2D eigenvalue weighted by molar-refractivity contribution is 0.421. The van der Waals surface area contributed by atoms with Gasteiger partial charge in [0.2, 0.25) is 0 Å². The third kappa shape index (κ3) is 3.64. The predicted molar refractivity (Wildman–Crippen MR) is 103 cm³/mol. The molecule has 0 spiro atoms. The molecule has 5 heteroatoms. The first kappa shape index (κ1) is 17.4. The van der Waals surface area contributed by atoms with E-state index in [1.54, 1.807) is 11.8 Å². The van der Waals surface area contributed by atoms with Crippen LogP contribution < -0.4 is 0 Å². The number of hydrogen-bond acceptors (Lipinski definition) is 2. The van der Waals surface area contributed by atoms with Crippen LogP contribution in [0.1, 0.15) is 24.8 Å². The molecule has 0 aliphatic rings. The van der Waals surface area contributed by atoms with Crippen LogP contribution in [0.4, 0.5) is 0 Å². The Labute approximate surface area is 156 Å². The van der Waals surface area contributed by atoms with E-state index < -0.39 is 0 Å². The lowest BCUT2D eigenvalue weighted by Crippen LogP contribution is -2.28. The third-order valence-corrected chi connectivity index (χ3v) is 6.39. The van der Waals surface area contributed by atoms with Crippen LogP contribution in [0.2, 0.25) is 10.0 Å². The summed E-state index contributed by atoms with van der Waals surface area (Å²) in [6.45, 7) is 4.50. The first-order valence-corrected chi connectivity index (χ1v) is 9.27. The number of rotatable bonds is 5. The lowest BCUT2D eigenvalue weighted by atomic mass is 9.84. The Balaban J connectivity index is 1.99. The summed E-state index contributed by atoms with van der Waals surface area (Å²) in [7, 11) is 0. The molecule has 0 radical (unpaired) electrons. The number of nitrogens with zero attached hydrogens (tertiary/aromatic N) is 2. The molecule has 1 unspecified atom stereocenters. The summed E-state index contributed by atoms with van der Waals surface area (Å²) < 4.78 is 2.14. The zero-order chi connectivity index (χ0) is 17.2. The number of hydrogen-bond donors (Lipinski definition) is 0. The first-order chi connectivity index (χ1) is 11.5. The fraction of sp³-hybridized carbons (Fsp3) is 0.211. The Morgan fingerprint density at radius 2 is 1.79 bits per heavy atom. The van der Waals surface area contributed by atoms with E-state index in [-0.39, 0.29) is 10.8 Å². The minimum absolute atomic E-state index is 0.112. The average Bonchev–Trinajstić information content (AvgIpc) is 3.10. The fourth-order valence-electron chi connectivity index (χ4n) is 2.68. The summed E-state index contributed by atoms with van der Waals surface area (Å²) in [4.78, 5) is 5.30. The molecular weight excluding hydrogens is 359 g/mol. The minimum atomic E-state index is -0.112. The second-order valence-corrected chi connectivity index (χ2v) is 8.11. The number of imidazole rings is 1. The normalized spacial score (nSPS) is 13.0. The molecule has 0 saturated carbocycles. The Morgan fingerprint density at radius 3 is 2.42 bits per heavy atom. The average molecular weight is 377 g/mol. The molecule has 0 aliphatic carbocycles. The molecule has 3 aromatic rings. The molecule has 1 aromatic heterocycles. The largest absolute Gasteiger partial charge is 0.324 e. The Kier molecular flexibility index (Phi) is 5.24. The van der Waals surface area contributed by atoms with Gasteiger partial charge in [0.05, 0.1) is 21.7 Å². The molecule has 1 atom stereocenters. The second kappa shape index (κ2) is 7.22. The molecule has 0 amide bonds. The first-order valence-electron chi connectivity index (χ1n) is 7.63. The summed E-state index contributed by atoms with van der Waals surface area (Å²) in [6.07, 6.45) is 5.67. The maximum Gasteiger partial charge on any atom is 0.0956 e. The summed E-state index contributed by atoms with van der Waals surface area (Å²) in [5.41, 5.74) is 1.16. The zero-order valence-electron chi connectivity index (χ0n) is 13.5. The number of benzene rings is 2. The van der Waals surface area contributed by atoms with Gasteiger partial charge in [-0.1, -0.05) is 79.1 Å². The summed E-state index contributed by atoms with van der Waals surface area (Å²) in [6, 6.07) is 16.3. The van der Waals surface area contributed by atoms with Gasteiger partial charge in [0.25, 0.3) is 0 Å². The highest BCUT2D eigenvalue weighted by Gasteiger charge is 2.33. The molecule has 2 aromatic carbocycles. The maximum atomic E-state index is 6.19. The van der Waals surface area contributed by atoms with E-state index >= 15 is 0 Å². The van der Waals surface area contributed by atoms with Crippen molar-refractivity contribution in [3.63, 3.8) is 0 Å². The Hall–Kier alpha value is -1.42. The van der Waals surface area contributed by atoms with Crippen molar-refractivity contribution >= 4 is 35.0 Å². The summed E-state index contributed by atoms with van der Waals surface area (Å²) in [5.74, 6) is 0. The highest BCUT2D eigenvalue weighted by Crippen LogP contribution is 2.46. The van der Waals surface area contributed by atoms with E-state index in [0.717, 1.165) is 4.90 Å². The van der Waals surface area contributed by atoms with Crippen molar-refractivity contribution in [3.05, 3.63) is 82.9 Å². The summed E-state index contributed by atoms with van der Waals surface area (Å²) in [5, 5.41) is 1.27. The van der Waals surface area contributed by atoms with Gasteiger partial charge in [-0.05, 0) is 23.8 Å². The molecule has 0 fully saturated rings. The zero-order valence-corrected chi connectivity index (χ0v) is 15.8. The van der Waals surface area contributed by atoms with Crippen LogP contribution in [0.25, 0.3) is 0 Å². The van der Waals surface area contributed by atoms with Crippen LogP contribution in [0.5, 0.6) is 0 Å². The van der Waals surface area contributed by atoms with Gasteiger partial charge in [0.1, 0.15) is 0 Å². The predicted octanol–water partition coefficient (Wildman–Crippen LogP) is 6.46. The molecule has 0 saturated heterocycles. The van der Waals surface area contributed by atoms with Crippen molar-refractivity contribution in [1.29, 1.82) is 0 Å². The van der Waals surface area contributed by atoms with E-state index in [0.29, 0.717) is 10.0 Å². The molecule has 1 heterocycles. The molecular formula is C19H18Cl2N2S. The van der Waals surface area contributed by atoms with Crippen LogP contribution in [0.3, 0.4) is 0 Å². The van der Waals surface area contributed by atoms with Crippen molar-refractivity contribution in [3.8, 4) is 0 Å². The highest BCUT2D eigenvalue weighted by atomic mass is 35.5. The van der Waals surface area contributed by atoms with E-state index in [1.807, 2.05) is 43.0 Å². The van der Waals surface area contributed by atoms with Crippen molar-refractivity contribution < 1.29 is 0 Å². The number of aromatic nitrogens is 2. The van der Waals surface area contributed by atoms with Gasteiger partial charge >= 0.3 is 0 Å². The summed E-state index contributed by atoms with van der Waals surface area (Å²) >= 11 is 14.0. The fourth-order valence-corrected chi connectivity index (χ4v) is 4.31. The molecule has 24 heavy (non-hydrogen) atoms. The van der Waals surface area contributed by atoms with Gasteiger partial charge in [-0.15, -0.1) is 0 Å². The Morgan fingerprint density at radius 1 is 1.04 bits per heavy atom. The molecule has 124 valence electrons. The monoisotopic (exact) mass is 376 g/mol. The van der Waals surface area contributed by atoms with Gasteiger partial charge < -0.3 is 4.57 Å². The topological polar surface area (TPSA) is 17.8 Å². The van der Waals surface area contributed by atoms with Crippen LogP contribution in [0.15, 0.2) is 72.1 Å². The Bertz CT molecular complexity index is 801. The highest BCUT2D eigenvalue weighted by molar-refractivity contribution is 7.99. The molecule has 3 rings (SSSR count). The molecule has 0 N–H and O–H groups in total. The smallest absolute Gasteiger partial charge is 0.0956 e. The number of halogens is 2. The van der Waals surface area contributed by atoms with Gasteiger partial charge in [-0.25, -0.2) is 4.98 Å². The molecule has 2 nitrogen and oxygen atoms in total. The van der Waals surface area contributed by atoms with Crippen LogP contribution >= 0.6 is 35.0 Å². The van der Waals surface area contributed by atoms with E-state index in [2.05, 4.69) is 47.7 Å². The SMILES string of the molecule is CC(C)(c1ccccc1)C(Sc1ccc(Cl)c(Cl)c1)n1ccnc1. The van der Waals surface area contributed by atoms with E-state index in [4.69, 9.17) is 23.2 Å². The standard InChI is InChI=1S/C19H18Cl2N2S/c1-19(2,14-6-4-3-5-7-14)18(23-11-10-22-13-23)24-15-8-9-16(20)17(21)12-15/h3-13,18H,1-2H3. The van der Waals surface area contributed by atoms with Crippen molar-refractivity contribution in [2.75, 3.05) is 0 Å². The van der Waals surface area contributed by atoms with Crippen LogP contribution in [-0.4, -0.2) is 9.55 Å². The van der Waals surface area contributed by atoms with Gasteiger partial charge in [-0.3, -0.25) is 0 Å². The lowest BCUT2D eigenvalue weighted by Gasteiger charge is -2.35. The van der Waals surface area contributed by atoms with Crippen molar-refractivity contribution in [2.24, 2.45) is 0 Å². The molecule has 0 aliphatic heterocycles. The second-order valence-electron chi connectivity index (χ2n) is 6.14. The van der Waals surface area contributed by atoms with Crippen LogP contribution in [-0.2, 0) is 5.41 Å². The van der Waals surface area contributed by atoms with Crippen molar-refractivity contribution in [1.82, 2.24) is 9.55 Å². The number of thioether (sulfide) groups is 1. The van der Waals surface area contributed by atoms with Gasteiger partial charge in [0, 0.05) is 22.7 Å². The molecule has 0 bridgehead atoms. The van der Waals surface area contributed by atoms with Crippen LogP contribution in [0, 0.1) is 0 Å². The maximum absolute atomic E-state index is 6.19. The van der Waals surface area contributed by atoms with Gasteiger partial charge in [-0.2, -0.15) is 0 Å². The van der Waals surface area contributed by atoms with Crippen molar-refractivity contribution in [2.45, 2.75) is 29.5 Å². The van der Waals surface area contributed by atoms with E-state index in [9.17, 15) is 0 Å². The quantitative estimate of drug-likeness (QED) is 0.475. The minimum Gasteiger partial charge on any atom is -0.324 e.